The van der Waals surface area contributed by atoms with Crippen molar-refractivity contribution < 1.29 is 14.1 Å². The molecule has 1 saturated heterocycles. The molecule has 2 N–H and O–H groups in total. The van der Waals surface area contributed by atoms with E-state index in [0.29, 0.717) is 6.42 Å². The van der Waals surface area contributed by atoms with E-state index in [1.165, 1.54) is 0 Å². The van der Waals surface area contributed by atoms with Crippen LogP contribution in [0.15, 0.2) is 41.8 Å². The fourth-order valence-electron chi connectivity index (χ4n) is 4.11. The summed E-state index contributed by atoms with van der Waals surface area (Å²) in [5, 5.41) is 11.6. The largest absolute Gasteiger partial charge is 0.494 e. The number of rotatable bonds is 9. The van der Waals surface area contributed by atoms with Gasteiger partial charge in [-0.3, -0.25) is 9.69 Å². The maximum atomic E-state index is 12.4. The number of benzene rings is 1. The number of nitrogens with two attached hydrogens (primary N) is 1. The van der Waals surface area contributed by atoms with Gasteiger partial charge in [0.25, 0.3) is 0 Å². The first-order valence-corrected chi connectivity index (χ1v) is 12.3. The molecule has 0 aliphatic carbocycles. The summed E-state index contributed by atoms with van der Waals surface area (Å²) in [6, 6.07) is 13.5. The minimum atomic E-state index is -0.542. The molecule has 33 heavy (non-hydrogen) atoms. The Morgan fingerprint density at radius 2 is 1.76 bits per heavy atom. The molecular weight excluding hydrogens is 433 g/mol. The predicted molar refractivity (Wildman–Crippen MR) is 133 cm³/mol. The van der Waals surface area contributed by atoms with Crippen LogP contribution in [-0.2, 0) is 14.1 Å². The monoisotopic (exact) mass is 467 g/mol. The molecular formula is C25H34BN3O3S. The maximum absolute atomic E-state index is 12.4. The zero-order valence-electron chi connectivity index (χ0n) is 20.4. The number of hydrogen-bond acceptors (Lipinski definition) is 6. The minimum absolute atomic E-state index is 0.0991. The van der Waals surface area contributed by atoms with Gasteiger partial charge in [-0.25, -0.2) is 0 Å². The number of carbonyl (C=O) groups excluding carboxylic acids is 1. The van der Waals surface area contributed by atoms with Crippen molar-refractivity contribution in [1.29, 1.82) is 5.26 Å². The quantitative estimate of drug-likeness (QED) is 0.447. The van der Waals surface area contributed by atoms with Gasteiger partial charge in [0, 0.05) is 4.88 Å². The van der Waals surface area contributed by atoms with E-state index in [4.69, 9.17) is 15.0 Å². The van der Waals surface area contributed by atoms with Gasteiger partial charge in [0.2, 0.25) is 5.91 Å². The summed E-state index contributed by atoms with van der Waals surface area (Å²) < 4.78 is 12.4. The molecule has 0 spiro atoms. The van der Waals surface area contributed by atoms with E-state index in [1.54, 1.807) is 11.3 Å². The van der Waals surface area contributed by atoms with Crippen molar-refractivity contribution in [2.75, 3.05) is 6.54 Å². The molecule has 1 amide bonds. The van der Waals surface area contributed by atoms with Crippen LogP contribution in [-0.4, -0.2) is 41.7 Å². The average molecular weight is 467 g/mol. The highest BCUT2D eigenvalue weighted by molar-refractivity contribution is 7.10. The lowest BCUT2D eigenvalue weighted by molar-refractivity contribution is -0.124. The highest BCUT2D eigenvalue weighted by Gasteiger charge is 2.51. The topological polar surface area (TPSA) is 88.6 Å². The van der Waals surface area contributed by atoms with E-state index in [-0.39, 0.29) is 18.5 Å². The number of primary amides is 1. The molecule has 176 valence electrons. The van der Waals surface area contributed by atoms with Crippen molar-refractivity contribution in [3.8, 4) is 6.07 Å². The van der Waals surface area contributed by atoms with Crippen LogP contribution in [0, 0.1) is 17.2 Å². The lowest BCUT2D eigenvalue weighted by Crippen LogP contribution is -2.47. The van der Waals surface area contributed by atoms with Crippen molar-refractivity contribution in [1.82, 2.24) is 4.90 Å². The molecule has 0 bridgehead atoms. The number of nitrogens with zero attached hydrogens (tertiary/aromatic N) is 2. The Bertz CT molecular complexity index is 967. The Morgan fingerprint density at radius 1 is 1.15 bits per heavy atom. The summed E-state index contributed by atoms with van der Waals surface area (Å²) >= 11 is 1.60. The molecule has 1 aromatic heterocycles. The third-order valence-electron chi connectivity index (χ3n) is 6.60. The van der Waals surface area contributed by atoms with E-state index in [0.717, 1.165) is 15.9 Å². The Hall–Kier alpha value is -2.18. The number of carbonyl (C=O) groups is 1. The average Bonchev–Trinajstić information content (AvgIpc) is 3.32. The molecule has 1 aliphatic heterocycles. The molecule has 1 fully saturated rings. The standard InChI is InChI=1S/C25H34BN3O3S/c1-17(2)16-20(23(28)30)29(14-13-27)22(21-8-7-15-33-21)18-9-11-19(12-10-18)26-31-24(3,4)25(5,6)32-26/h7-12,15,17,20,22H,14,16H2,1-6H3,(H2,28,30)/t20-,22-/m0/s1. The molecule has 2 aromatic rings. The molecule has 8 heteroatoms. The van der Waals surface area contributed by atoms with Crippen molar-refractivity contribution in [3.63, 3.8) is 0 Å². The molecule has 0 unspecified atom stereocenters. The number of thiophene rings is 1. The Labute approximate surface area is 201 Å². The SMILES string of the molecule is CC(C)C[C@@H](C(N)=O)N(CC#N)[C@@H](c1ccc(B2OC(C)(C)C(C)(C)O2)cc1)c1cccs1. The number of nitriles is 1. The molecule has 1 aliphatic rings. The first-order chi connectivity index (χ1) is 15.5. The van der Waals surface area contributed by atoms with Gasteiger partial charge >= 0.3 is 7.12 Å². The molecule has 2 heterocycles. The fourth-order valence-corrected chi connectivity index (χ4v) is 4.98. The second-order valence-corrected chi connectivity index (χ2v) is 11.0. The van der Waals surface area contributed by atoms with Gasteiger partial charge in [-0.15, -0.1) is 11.3 Å². The van der Waals surface area contributed by atoms with E-state index >= 15 is 0 Å². The third-order valence-corrected chi connectivity index (χ3v) is 7.52. The highest BCUT2D eigenvalue weighted by atomic mass is 32.1. The van der Waals surface area contributed by atoms with Crippen molar-refractivity contribution in [2.45, 2.75) is 71.2 Å². The molecule has 2 atom stereocenters. The lowest BCUT2D eigenvalue weighted by Gasteiger charge is -2.35. The molecule has 6 nitrogen and oxygen atoms in total. The minimum Gasteiger partial charge on any atom is -0.399 e. The van der Waals surface area contributed by atoms with Crippen LogP contribution in [0.2, 0.25) is 0 Å². The Morgan fingerprint density at radius 3 is 2.21 bits per heavy atom. The molecule has 3 rings (SSSR count). The van der Waals surface area contributed by atoms with Crippen molar-refractivity contribution in [3.05, 3.63) is 52.2 Å². The zero-order chi connectivity index (χ0) is 24.4. The molecule has 1 aromatic carbocycles. The second kappa shape index (κ2) is 9.98. The molecule has 0 saturated carbocycles. The van der Waals surface area contributed by atoms with E-state index in [2.05, 4.69) is 19.9 Å². The summed E-state index contributed by atoms with van der Waals surface area (Å²) in [5.74, 6) is -0.146. The summed E-state index contributed by atoms with van der Waals surface area (Å²) in [6.07, 6.45) is 0.588. The van der Waals surface area contributed by atoms with Crippen LogP contribution in [0.1, 0.15) is 64.4 Å². The third kappa shape index (κ3) is 5.49. The smallest absolute Gasteiger partial charge is 0.399 e. The van der Waals surface area contributed by atoms with Crippen LogP contribution in [0.3, 0.4) is 0 Å². The van der Waals surface area contributed by atoms with Gasteiger partial charge in [0.05, 0.1) is 35.9 Å². The number of hydrogen-bond donors (Lipinski definition) is 1. The van der Waals surface area contributed by atoms with Crippen LogP contribution in [0.5, 0.6) is 0 Å². The number of amides is 1. The predicted octanol–water partition coefficient (Wildman–Crippen LogP) is 3.86. The first-order valence-electron chi connectivity index (χ1n) is 11.4. The van der Waals surface area contributed by atoms with Crippen LogP contribution in [0.25, 0.3) is 0 Å². The van der Waals surface area contributed by atoms with Gasteiger partial charge in [0.1, 0.15) is 0 Å². The van der Waals surface area contributed by atoms with Gasteiger partial charge < -0.3 is 15.0 Å². The molecule has 0 radical (unpaired) electrons. The van der Waals surface area contributed by atoms with E-state index in [1.807, 2.05) is 74.4 Å². The normalized spacial score (nSPS) is 18.9. The van der Waals surface area contributed by atoms with Gasteiger partial charge in [-0.2, -0.15) is 5.26 Å². The van der Waals surface area contributed by atoms with E-state index in [9.17, 15) is 10.1 Å². The fraction of sp³-hybridized carbons (Fsp3) is 0.520. The van der Waals surface area contributed by atoms with Gasteiger partial charge in [-0.1, -0.05) is 44.2 Å². The second-order valence-electron chi connectivity index (χ2n) is 10.1. The van der Waals surface area contributed by atoms with Crippen LogP contribution < -0.4 is 11.2 Å². The van der Waals surface area contributed by atoms with Crippen molar-refractivity contribution in [2.24, 2.45) is 11.7 Å². The van der Waals surface area contributed by atoms with Crippen LogP contribution in [0.4, 0.5) is 0 Å². The van der Waals surface area contributed by atoms with Crippen molar-refractivity contribution >= 4 is 29.8 Å². The Balaban J connectivity index is 1.98. The summed E-state index contributed by atoms with van der Waals surface area (Å²) in [5.41, 5.74) is 6.92. The highest BCUT2D eigenvalue weighted by Crippen LogP contribution is 2.37. The van der Waals surface area contributed by atoms with Gasteiger partial charge in [-0.05, 0) is 62.5 Å². The van der Waals surface area contributed by atoms with E-state index < -0.39 is 30.3 Å². The van der Waals surface area contributed by atoms with Gasteiger partial charge in [0.15, 0.2) is 0 Å². The first kappa shape index (κ1) is 25.4. The van der Waals surface area contributed by atoms with Crippen LogP contribution >= 0.6 is 11.3 Å². The summed E-state index contributed by atoms with van der Waals surface area (Å²) in [7, 11) is -0.446. The zero-order valence-corrected chi connectivity index (χ0v) is 21.2. The summed E-state index contributed by atoms with van der Waals surface area (Å²) in [6.45, 7) is 12.3. The maximum Gasteiger partial charge on any atom is 0.494 e. The summed E-state index contributed by atoms with van der Waals surface area (Å²) in [4.78, 5) is 15.4. The Kier molecular flexibility index (Phi) is 7.70. The lowest BCUT2D eigenvalue weighted by atomic mass is 9.78.